The molecule has 0 unspecified atom stereocenters. The number of aliphatic carboxylic acids is 1. The molecule has 6 N–H and O–H groups in total. The maximum Gasteiger partial charge on any atom is 0.194 e. The third kappa shape index (κ3) is 3.96. The number of para-hydroxylation sites is 1. The van der Waals surface area contributed by atoms with Crippen LogP contribution in [-0.4, -0.2) is 38.9 Å². The van der Waals surface area contributed by atoms with Gasteiger partial charge in [0.2, 0.25) is 0 Å². The molecule has 7 nitrogen and oxygen atoms in total. The fourth-order valence-corrected chi connectivity index (χ4v) is 2.58. The molecule has 0 amide bonds. The molecule has 3 rings (SSSR count). The quantitative estimate of drug-likeness (QED) is 0.424. The standard InChI is InChI=1S/C18H16N2O4.H2O/c21-13-6-5-11(17(22)8-13)9-20-16(18(23)24)7-12-10-19-15-4-2-1-3-14(12)15;/h1-6,8-10,16,19,21-22H,7H2,(H,23,24);1H2/t16-;/m0./s1. The van der Waals surface area contributed by atoms with Gasteiger partial charge in [0.05, 0.1) is 5.56 Å². The first kappa shape index (κ1) is 18.0. The largest absolute Gasteiger partial charge is 0.543 e. The first-order valence-electron chi connectivity index (χ1n) is 7.41. The van der Waals surface area contributed by atoms with E-state index >= 15 is 0 Å². The number of carboxylic acid groups (broad SMARTS) is 1. The van der Waals surface area contributed by atoms with Crippen LogP contribution in [0.25, 0.3) is 10.9 Å². The van der Waals surface area contributed by atoms with E-state index in [-0.39, 0.29) is 23.4 Å². The zero-order valence-corrected chi connectivity index (χ0v) is 13.2. The van der Waals surface area contributed by atoms with Crippen LogP contribution in [0.5, 0.6) is 11.5 Å². The number of benzene rings is 2. The molecule has 0 bridgehead atoms. The topological polar surface area (TPSA) is 142 Å². The Morgan fingerprint density at radius 1 is 1.24 bits per heavy atom. The second-order valence-electron chi connectivity index (χ2n) is 5.49. The summed E-state index contributed by atoms with van der Waals surface area (Å²) in [5, 5.41) is 31.4. The molecule has 0 saturated carbocycles. The summed E-state index contributed by atoms with van der Waals surface area (Å²) in [5.74, 6) is -1.46. The Labute approximate surface area is 143 Å². The van der Waals surface area contributed by atoms with E-state index in [1.54, 1.807) is 6.20 Å². The monoisotopic (exact) mass is 342 g/mol. The maximum absolute atomic E-state index is 11.4. The molecule has 0 saturated heterocycles. The molecule has 0 spiro atoms. The van der Waals surface area contributed by atoms with Gasteiger partial charge in [-0.25, -0.2) is 4.99 Å². The van der Waals surface area contributed by atoms with Crippen LogP contribution >= 0.6 is 0 Å². The molecule has 1 aromatic heterocycles. The molecule has 3 aromatic rings. The summed E-state index contributed by atoms with van der Waals surface area (Å²) in [6.45, 7) is 0. The van der Waals surface area contributed by atoms with Crippen molar-refractivity contribution >= 4 is 23.1 Å². The van der Waals surface area contributed by atoms with Crippen molar-refractivity contribution in [1.29, 1.82) is 0 Å². The van der Waals surface area contributed by atoms with Gasteiger partial charge in [0.25, 0.3) is 0 Å². The van der Waals surface area contributed by atoms with Crippen molar-refractivity contribution in [3.63, 3.8) is 0 Å². The lowest BCUT2D eigenvalue weighted by Crippen LogP contribution is -2.81. The van der Waals surface area contributed by atoms with Crippen LogP contribution in [0.1, 0.15) is 11.1 Å². The number of H-pyrrole nitrogens is 1. The summed E-state index contributed by atoms with van der Waals surface area (Å²) in [7, 11) is 0. The SMILES string of the molecule is O.O=C([O-])[C@H](Cc1c[nH]c2ccccc12)[NH+]=Cc1ccc(O)cc1O. The number of hydrogen-bond acceptors (Lipinski definition) is 4. The van der Waals surface area contributed by atoms with Gasteiger partial charge in [0, 0.05) is 29.6 Å². The summed E-state index contributed by atoms with van der Waals surface area (Å²) in [4.78, 5) is 17.3. The lowest BCUT2D eigenvalue weighted by Gasteiger charge is -2.08. The van der Waals surface area contributed by atoms with Crippen LogP contribution in [0, 0.1) is 0 Å². The molecule has 7 heteroatoms. The van der Waals surface area contributed by atoms with Crippen LogP contribution in [0.4, 0.5) is 0 Å². The molecule has 0 fully saturated rings. The van der Waals surface area contributed by atoms with E-state index in [2.05, 4.69) is 9.98 Å². The van der Waals surface area contributed by atoms with E-state index in [0.29, 0.717) is 5.56 Å². The number of hydrogen-bond donors (Lipinski definition) is 4. The number of aromatic amines is 1. The van der Waals surface area contributed by atoms with Crippen molar-refractivity contribution in [2.75, 3.05) is 0 Å². The Morgan fingerprint density at radius 2 is 2.00 bits per heavy atom. The zero-order chi connectivity index (χ0) is 17.1. The number of carboxylic acids is 1. The van der Waals surface area contributed by atoms with Crippen molar-refractivity contribution in [1.82, 2.24) is 4.98 Å². The number of phenols is 2. The van der Waals surface area contributed by atoms with Crippen molar-refractivity contribution in [3.05, 3.63) is 59.8 Å². The number of nitrogens with one attached hydrogen (secondary N) is 2. The average Bonchev–Trinajstić information content (AvgIpc) is 2.95. The van der Waals surface area contributed by atoms with Crippen LogP contribution in [0.15, 0.2) is 48.7 Å². The third-order valence-electron chi connectivity index (χ3n) is 3.84. The van der Waals surface area contributed by atoms with Crippen LogP contribution in [0.3, 0.4) is 0 Å². The molecule has 25 heavy (non-hydrogen) atoms. The molecule has 0 aliphatic rings. The van der Waals surface area contributed by atoms with Crippen LogP contribution < -0.4 is 10.1 Å². The van der Waals surface area contributed by atoms with Gasteiger partial charge >= 0.3 is 0 Å². The van der Waals surface area contributed by atoms with E-state index in [1.807, 2.05) is 24.3 Å². The first-order chi connectivity index (χ1) is 11.5. The van der Waals surface area contributed by atoms with Crippen molar-refractivity contribution in [3.8, 4) is 11.5 Å². The van der Waals surface area contributed by atoms with E-state index in [4.69, 9.17) is 0 Å². The Balaban J connectivity index is 0.00000225. The highest BCUT2D eigenvalue weighted by Gasteiger charge is 2.17. The minimum absolute atomic E-state index is 0. The summed E-state index contributed by atoms with van der Waals surface area (Å²) in [6.07, 6.45) is 3.39. The highest BCUT2D eigenvalue weighted by atomic mass is 16.4. The van der Waals surface area contributed by atoms with Gasteiger partial charge in [-0.3, -0.25) is 0 Å². The Morgan fingerprint density at radius 3 is 2.72 bits per heavy atom. The number of carbonyl (C=O) groups is 1. The predicted molar refractivity (Wildman–Crippen MR) is 90.3 cm³/mol. The van der Waals surface area contributed by atoms with Crippen molar-refractivity contribution < 1.29 is 30.6 Å². The summed E-state index contributed by atoms with van der Waals surface area (Å²) < 4.78 is 0. The van der Waals surface area contributed by atoms with Gasteiger partial charge in [-0.1, -0.05) is 18.2 Å². The van der Waals surface area contributed by atoms with Gasteiger partial charge < -0.3 is 30.6 Å². The summed E-state index contributed by atoms with van der Waals surface area (Å²) in [6, 6.07) is 10.7. The van der Waals surface area contributed by atoms with E-state index < -0.39 is 12.0 Å². The van der Waals surface area contributed by atoms with E-state index in [0.717, 1.165) is 16.5 Å². The zero-order valence-electron chi connectivity index (χ0n) is 13.2. The predicted octanol–water partition coefficient (Wildman–Crippen LogP) is -1.38. The Kier molecular flexibility index (Phi) is 5.41. The van der Waals surface area contributed by atoms with Crippen LogP contribution in [0.2, 0.25) is 0 Å². The number of carbonyl (C=O) groups excluding carboxylic acids is 1. The fourth-order valence-electron chi connectivity index (χ4n) is 2.58. The molecule has 1 atom stereocenters. The molecule has 1 heterocycles. The molecule has 0 aliphatic carbocycles. The van der Waals surface area contributed by atoms with Gasteiger partial charge in [-0.15, -0.1) is 0 Å². The minimum atomic E-state index is -1.24. The van der Waals surface area contributed by atoms with Crippen LogP contribution in [-0.2, 0) is 11.2 Å². The maximum atomic E-state index is 11.4. The normalized spacial score (nSPS) is 12.2. The molecule has 0 radical (unpaired) electrons. The number of rotatable bonds is 5. The Bertz CT molecular complexity index is 917. The number of aromatic nitrogens is 1. The molecular weight excluding hydrogens is 324 g/mol. The summed E-state index contributed by atoms with van der Waals surface area (Å²) in [5.41, 5.74) is 2.17. The van der Waals surface area contributed by atoms with Crippen molar-refractivity contribution in [2.45, 2.75) is 12.5 Å². The van der Waals surface area contributed by atoms with E-state index in [9.17, 15) is 20.1 Å². The van der Waals surface area contributed by atoms with E-state index in [1.165, 1.54) is 24.4 Å². The average molecular weight is 342 g/mol. The lowest BCUT2D eigenvalue weighted by molar-refractivity contribution is -0.501. The fraction of sp³-hybridized carbons (Fsp3) is 0.111. The molecular formula is C18H18N2O5. The third-order valence-corrected chi connectivity index (χ3v) is 3.84. The Hall–Kier alpha value is -3.32. The lowest BCUT2D eigenvalue weighted by atomic mass is 10.1. The van der Waals surface area contributed by atoms with Crippen molar-refractivity contribution in [2.24, 2.45) is 0 Å². The van der Waals surface area contributed by atoms with Gasteiger partial charge in [-0.05, 0) is 23.8 Å². The molecule has 0 aliphatic heterocycles. The first-order valence-corrected chi connectivity index (χ1v) is 7.41. The van der Waals surface area contributed by atoms with Gasteiger partial charge in [0.1, 0.15) is 17.5 Å². The number of aromatic hydroxyl groups is 2. The molecule has 130 valence electrons. The highest BCUT2D eigenvalue weighted by molar-refractivity contribution is 5.84. The van der Waals surface area contributed by atoms with Gasteiger partial charge in [-0.2, -0.15) is 0 Å². The highest BCUT2D eigenvalue weighted by Crippen LogP contribution is 2.20. The van der Waals surface area contributed by atoms with Gasteiger partial charge in [0.15, 0.2) is 12.3 Å². The number of fused-ring (bicyclic) bond motifs is 1. The number of phenolic OH excluding ortho intramolecular Hbond substituents is 2. The smallest absolute Gasteiger partial charge is 0.194 e. The summed E-state index contributed by atoms with van der Waals surface area (Å²) >= 11 is 0. The minimum Gasteiger partial charge on any atom is -0.543 e. The second-order valence-corrected chi connectivity index (χ2v) is 5.49. The molecule has 2 aromatic carbocycles. The second kappa shape index (κ2) is 7.50.